The molecule has 27 heavy (non-hydrogen) atoms. The first-order valence-corrected chi connectivity index (χ1v) is 10.2. The summed E-state index contributed by atoms with van der Waals surface area (Å²) < 4.78 is 30.4. The first-order chi connectivity index (χ1) is 12.7. The molecule has 1 aromatic carbocycles. The Morgan fingerprint density at radius 1 is 1.07 bits per heavy atom. The van der Waals surface area contributed by atoms with E-state index in [1.807, 2.05) is 6.92 Å². The standard InChI is InChI=1S/C18H16N2O5S2/c1-10-4-6-13(7-5-10)27(23,24)15-9-8-14(25-15)17(22)20-18-19-11(2)16(26-18)12(3)21/h4-9H,1-3H3,(H,19,20,22). The maximum absolute atomic E-state index is 12.6. The fourth-order valence-corrected chi connectivity index (χ4v) is 4.39. The number of rotatable bonds is 5. The highest BCUT2D eigenvalue weighted by Gasteiger charge is 2.24. The second-order valence-electron chi connectivity index (χ2n) is 5.88. The summed E-state index contributed by atoms with van der Waals surface area (Å²) in [6.07, 6.45) is 0. The highest BCUT2D eigenvalue weighted by molar-refractivity contribution is 7.91. The topological polar surface area (TPSA) is 106 Å². The van der Waals surface area contributed by atoms with Crippen LogP contribution in [0.2, 0.25) is 0 Å². The second kappa shape index (κ2) is 7.09. The van der Waals surface area contributed by atoms with Gasteiger partial charge in [0.2, 0.25) is 14.9 Å². The average molecular weight is 404 g/mol. The number of thiazole rings is 1. The Balaban J connectivity index is 1.82. The molecule has 0 aliphatic rings. The van der Waals surface area contributed by atoms with E-state index in [2.05, 4.69) is 10.3 Å². The van der Waals surface area contributed by atoms with E-state index < -0.39 is 15.7 Å². The summed E-state index contributed by atoms with van der Waals surface area (Å²) in [5.74, 6) is -0.961. The van der Waals surface area contributed by atoms with Gasteiger partial charge in [0.05, 0.1) is 15.5 Å². The summed E-state index contributed by atoms with van der Waals surface area (Å²) in [5, 5.41) is 2.43. The molecule has 0 fully saturated rings. The molecule has 2 heterocycles. The number of carbonyl (C=O) groups excluding carboxylic acids is 2. The van der Waals surface area contributed by atoms with Crippen LogP contribution < -0.4 is 5.32 Å². The van der Waals surface area contributed by atoms with Crippen molar-refractivity contribution in [2.75, 3.05) is 5.32 Å². The maximum Gasteiger partial charge on any atom is 0.293 e. The molecule has 9 heteroatoms. The number of amides is 1. The molecule has 0 radical (unpaired) electrons. The number of hydrogen-bond donors (Lipinski definition) is 1. The summed E-state index contributed by atoms with van der Waals surface area (Å²) in [6.45, 7) is 4.94. The number of benzene rings is 1. The minimum absolute atomic E-state index is 0.0797. The molecule has 7 nitrogen and oxygen atoms in total. The lowest BCUT2D eigenvalue weighted by molar-refractivity contribution is 0.0989. The van der Waals surface area contributed by atoms with Crippen LogP contribution in [-0.2, 0) is 9.84 Å². The smallest absolute Gasteiger partial charge is 0.293 e. The van der Waals surface area contributed by atoms with Gasteiger partial charge in [0.15, 0.2) is 16.7 Å². The quantitative estimate of drug-likeness (QED) is 0.651. The Labute approximate surface area is 160 Å². The van der Waals surface area contributed by atoms with Crippen molar-refractivity contribution in [3.63, 3.8) is 0 Å². The van der Waals surface area contributed by atoms with Gasteiger partial charge in [0.1, 0.15) is 0 Å². The second-order valence-corrected chi connectivity index (χ2v) is 8.76. The number of hydrogen-bond acceptors (Lipinski definition) is 7. The zero-order chi connectivity index (χ0) is 19.8. The van der Waals surface area contributed by atoms with Crippen LogP contribution in [0.15, 0.2) is 50.8 Å². The molecule has 1 amide bonds. The third-order valence-electron chi connectivity index (χ3n) is 3.74. The van der Waals surface area contributed by atoms with Gasteiger partial charge in [-0.3, -0.25) is 14.9 Å². The van der Waals surface area contributed by atoms with E-state index >= 15 is 0 Å². The van der Waals surface area contributed by atoms with Gasteiger partial charge in [0.25, 0.3) is 5.91 Å². The molecule has 0 unspecified atom stereocenters. The Kier molecular flexibility index (Phi) is 4.99. The van der Waals surface area contributed by atoms with Crippen molar-refractivity contribution in [2.24, 2.45) is 0 Å². The van der Waals surface area contributed by atoms with Crippen molar-refractivity contribution in [3.05, 3.63) is 58.3 Å². The Morgan fingerprint density at radius 3 is 2.33 bits per heavy atom. The number of aromatic nitrogens is 1. The number of furan rings is 1. The highest BCUT2D eigenvalue weighted by atomic mass is 32.2. The van der Waals surface area contributed by atoms with Crippen LogP contribution in [0.3, 0.4) is 0 Å². The van der Waals surface area contributed by atoms with Gasteiger partial charge >= 0.3 is 0 Å². The number of nitrogens with zero attached hydrogens (tertiary/aromatic N) is 1. The number of ketones is 1. The molecular formula is C18H16N2O5S2. The number of anilines is 1. The predicted octanol–water partition coefficient (Wildman–Crippen LogP) is 3.64. The molecule has 0 aliphatic carbocycles. The number of sulfone groups is 1. The number of nitrogens with one attached hydrogen (secondary N) is 1. The Hall–Kier alpha value is -2.78. The predicted molar refractivity (Wildman–Crippen MR) is 100 cm³/mol. The fourth-order valence-electron chi connectivity index (χ4n) is 2.36. The molecule has 0 atom stereocenters. The van der Waals surface area contributed by atoms with E-state index in [-0.39, 0.29) is 26.7 Å². The van der Waals surface area contributed by atoms with Gasteiger partial charge in [-0.2, -0.15) is 0 Å². The fraction of sp³-hybridized carbons (Fsp3) is 0.167. The van der Waals surface area contributed by atoms with Crippen LogP contribution in [0, 0.1) is 13.8 Å². The number of Topliss-reactive ketones (excluding diaryl/α,β-unsaturated/α-hetero) is 1. The summed E-state index contributed by atoms with van der Waals surface area (Å²) in [7, 11) is -3.86. The van der Waals surface area contributed by atoms with E-state index in [9.17, 15) is 18.0 Å². The molecule has 0 saturated heterocycles. The Morgan fingerprint density at radius 2 is 1.74 bits per heavy atom. The van der Waals surface area contributed by atoms with Crippen molar-refractivity contribution in [1.82, 2.24) is 4.98 Å². The number of aryl methyl sites for hydroxylation is 2. The minimum atomic E-state index is -3.86. The Bertz CT molecular complexity index is 1120. The third kappa shape index (κ3) is 3.83. The molecule has 0 saturated carbocycles. The summed E-state index contributed by atoms with van der Waals surface area (Å²) in [4.78, 5) is 28.4. The van der Waals surface area contributed by atoms with Crippen molar-refractivity contribution < 1.29 is 22.4 Å². The minimum Gasteiger partial charge on any atom is -0.439 e. The average Bonchev–Trinajstić information content (AvgIpc) is 3.22. The van der Waals surface area contributed by atoms with Crippen LogP contribution in [0.25, 0.3) is 0 Å². The molecule has 0 spiro atoms. The normalized spacial score (nSPS) is 11.4. The largest absolute Gasteiger partial charge is 0.439 e. The molecule has 140 valence electrons. The van der Waals surface area contributed by atoms with E-state index in [1.165, 1.54) is 31.2 Å². The van der Waals surface area contributed by atoms with Crippen molar-refractivity contribution in [3.8, 4) is 0 Å². The SMILES string of the molecule is CC(=O)c1sc(NC(=O)c2ccc(S(=O)(=O)c3ccc(C)cc3)o2)nc1C. The molecule has 0 aliphatic heterocycles. The van der Waals surface area contributed by atoms with Crippen LogP contribution in [0.1, 0.15) is 38.4 Å². The van der Waals surface area contributed by atoms with E-state index in [0.717, 1.165) is 16.9 Å². The molecular weight excluding hydrogens is 388 g/mol. The van der Waals surface area contributed by atoms with Gasteiger partial charge in [-0.15, -0.1) is 0 Å². The van der Waals surface area contributed by atoms with Crippen molar-refractivity contribution in [2.45, 2.75) is 30.8 Å². The van der Waals surface area contributed by atoms with E-state index in [1.54, 1.807) is 19.1 Å². The third-order valence-corrected chi connectivity index (χ3v) is 6.55. The number of carbonyl (C=O) groups is 2. The van der Waals surface area contributed by atoms with Crippen molar-refractivity contribution in [1.29, 1.82) is 0 Å². The summed E-state index contributed by atoms with van der Waals surface area (Å²) in [5.41, 5.74) is 1.45. The van der Waals surface area contributed by atoms with Crippen LogP contribution in [-0.4, -0.2) is 25.1 Å². The lowest BCUT2D eigenvalue weighted by atomic mass is 10.2. The highest BCUT2D eigenvalue weighted by Crippen LogP contribution is 2.26. The van der Waals surface area contributed by atoms with E-state index in [0.29, 0.717) is 10.6 Å². The van der Waals surface area contributed by atoms with Crippen LogP contribution >= 0.6 is 11.3 Å². The van der Waals surface area contributed by atoms with Gasteiger partial charge in [0, 0.05) is 6.92 Å². The summed E-state index contributed by atoms with van der Waals surface area (Å²) in [6, 6.07) is 8.84. The van der Waals surface area contributed by atoms with Gasteiger partial charge < -0.3 is 4.42 Å². The molecule has 1 N–H and O–H groups in total. The van der Waals surface area contributed by atoms with Crippen molar-refractivity contribution >= 4 is 38.0 Å². The lowest BCUT2D eigenvalue weighted by Gasteiger charge is -2.02. The maximum atomic E-state index is 12.6. The molecule has 3 rings (SSSR count). The molecule has 3 aromatic rings. The first-order valence-electron chi connectivity index (χ1n) is 7.90. The zero-order valence-corrected chi connectivity index (χ0v) is 16.4. The van der Waals surface area contributed by atoms with Crippen LogP contribution in [0.4, 0.5) is 5.13 Å². The summed E-state index contributed by atoms with van der Waals surface area (Å²) >= 11 is 1.05. The monoisotopic (exact) mass is 404 g/mol. The van der Waals surface area contributed by atoms with Crippen LogP contribution in [0.5, 0.6) is 0 Å². The van der Waals surface area contributed by atoms with E-state index in [4.69, 9.17) is 4.42 Å². The lowest BCUT2D eigenvalue weighted by Crippen LogP contribution is -2.10. The zero-order valence-electron chi connectivity index (χ0n) is 14.8. The molecule has 2 aromatic heterocycles. The first kappa shape index (κ1) is 19.0. The van der Waals surface area contributed by atoms with Gasteiger partial charge in [-0.25, -0.2) is 13.4 Å². The van der Waals surface area contributed by atoms with Gasteiger partial charge in [-0.1, -0.05) is 29.0 Å². The van der Waals surface area contributed by atoms with Gasteiger partial charge in [-0.05, 0) is 38.1 Å². The molecule has 0 bridgehead atoms.